The lowest BCUT2D eigenvalue weighted by molar-refractivity contribution is -0.137. The maximum absolute atomic E-state index is 11.1. The molecule has 1 aromatic carbocycles. The fraction of sp³-hybridized carbons (Fsp3) is 0.625. The van der Waals surface area contributed by atoms with Crippen molar-refractivity contribution in [2.45, 2.75) is 62.5 Å². The minimum Gasteiger partial charge on any atom is -0.481 e. The molecular formula is C24H35NO4S. The number of thioether (sulfide) groups is 1. The average Bonchev–Trinajstić information content (AvgIpc) is 3.16. The van der Waals surface area contributed by atoms with Gasteiger partial charge in [-0.1, -0.05) is 36.4 Å². The van der Waals surface area contributed by atoms with E-state index in [1.165, 1.54) is 11.1 Å². The third kappa shape index (κ3) is 5.67. The molecule has 0 spiro atoms. The van der Waals surface area contributed by atoms with Crippen LogP contribution in [-0.4, -0.2) is 65.4 Å². The van der Waals surface area contributed by atoms with Gasteiger partial charge in [0.2, 0.25) is 0 Å². The normalized spacial score (nSPS) is 28.0. The molecule has 1 saturated heterocycles. The van der Waals surface area contributed by atoms with E-state index in [2.05, 4.69) is 36.3 Å². The molecule has 3 atom stereocenters. The van der Waals surface area contributed by atoms with Crippen LogP contribution in [0.4, 0.5) is 0 Å². The van der Waals surface area contributed by atoms with E-state index in [9.17, 15) is 4.79 Å². The number of carboxylic acid groups (broad SMARTS) is 1. The van der Waals surface area contributed by atoms with E-state index in [0.29, 0.717) is 24.3 Å². The molecule has 6 heteroatoms. The van der Waals surface area contributed by atoms with Crippen molar-refractivity contribution in [3.05, 3.63) is 47.5 Å². The van der Waals surface area contributed by atoms with Crippen molar-refractivity contribution in [3.63, 3.8) is 0 Å². The van der Waals surface area contributed by atoms with Gasteiger partial charge in [-0.25, -0.2) is 0 Å². The number of carbonyl (C=O) groups is 1. The van der Waals surface area contributed by atoms with Crippen LogP contribution in [0.25, 0.3) is 0 Å². The van der Waals surface area contributed by atoms with Gasteiger partial charge in [-0.05, 0) is 50.0 Å². The van der Waals surface area contributed by atoms with Crippen LogP contribution in [0.5, 0.6) is 0 Å². The van der Waals surface area contributed by atoms with Gasteiger partial charge in [-0.2, -0.15) is 11.8 Å². The van der Waals surface area contributed by atoms with E-state index < -0.39 is 5.97 Å². The zero-order valence-electron chi connectivity index (χ0n) is 18.2. The van der Waals surface area contributed by atoms with Crippen LogP contribution in [0.1, 0.15) is 44.6 Å². The summed E-state index contributed by atoms with van der Waals surface area (Å²) in [6.07, 6.45) is 8.03. The van der Waals surface area contributed by atoms with Gasteiger partial charge < -0.3 is 14.6 Å². The summed E-state index contributed by atoms with van der Waals surface area (Å²) in [4.78, 5) is 13.7. The molecule has 166 valence electrons. The minimum absolute atomic E-state index is 0.195. The van der Waals surface area contributed by atoms with Gasteiger partial charge >= 0.3 is 5.97 Å². The molecule has 3 rings (SSSR count). The Hall–Kier alpha value is -1.34. The van der Waals surface area contributed by atoms with Crippen molar-refractivity contribution in [3.8, 4) is 0 Å². The third-order valence-electron chi connectivity index (χ3n) is 6.44. The zero-order valence-corrected chi connectivity index (χ0v) is 19.0. The summed E-state index contributed by atoms with van der Waals surface area (Å²) in [5.41, 5.74) is 2.05. The van der Waals surface area contributed by atoms with E-state index in [1.54, 1.807) is 0 Å². The Bertz CT molecular complexity index is 704. The Balaban J connectivity index is 1.89. The first-order valence-corrected chi connectivity index (χ1v) is 12.3. The topological polar surface area (TPSA) is 59.0 Å². The Morgan fingerprint density at radius 1 is 1.30 bits per heavy atom. The second kappa shape index (κ2) is 11.3. The number of hydrogen-bond donors (Lipinski definition) is 1. The number of ether oxygens (including phenoxy) is 2. The third-order valence-corrected chi connectivity index (χ3v) is 7.47. The predicted octanol–water partition coefficient (Wildman–Crippen LogP) is 4.37. The van der Waals surface area contributed by atoms with Gasteiger partial charge in [0.1, 0.15) is 5.60 Å². The van der Waals surface area contributed by atoms with Crippen molar-refractivity contribution in [2.24, 2.45) is 0 Å². The zero-order chi connectivity index (χ0) is 21.4. The molecule has 3 unspecified atom stereocenters. The number of hydrogen-bond acceptors (Lipinski definition) is 5. The van der Waals surface area contributed by atoms with Crippen LogP contribution in [0, 0.1) is 0 Å². The van der Waals surface area contributed by atoms with Crippen molar-refractivity contribution >= 4 is 17.7 Å². The minimum atomic E-state index is -0.733. The predicted molar refractivity (Wildman–Crippen MR) is 122 cm³/mol. The summed E-state index contributed by atoms with van der Waals surface area (Å²) >= 11 is 1.92. The van der Waals surface area contributed by atoms with Gasteiger partial charge in [0.25, 0.3) is 0 Å². The quantitative estimate of drug-likeness (QED) is 0.553. The van der Waals surface area contributed by atoms with Gasteiger partial charge in [0, 0.05) is 30.8 Å². The molecule has 1 aromatic rings. The Kier molecular flexibility index (Phi) is 8.81. The molecule has 0 bridgehead atoms. The summed E-state index contributed by atoms with van der Waals surface area (Å²) in [5, 5.41) is 9.67. The molecule has 0 aromatic heterocycles. The van der Waals surface area contributed by atoms with E-state index >= 15 is 0 Å². The summed E-state index contributed by atoms with van der Waals surface area (Å²) in [5.74, 6) is -0.733. The second-order valence-corrected chi connectivity index (χ2v) is 9.32. The molecule has 0 radical (unpaired) electrons. The van der Waals surface area contributed by atoms with E-state index in [0.717, 1.165) is 45.6 Å². The molecule has 30 heavy (non-hydrogen) atoms. The first-order valence-electron chi connectivity index (χ1n) is 11.0. The largest absolute Gasteiger partial charge is 0.481 e. The molecule has 1 aliphatic carbocycles. The number of morpholine rings is 1. The Morgan fingerprint density at radius 2 is 2.03 bits per heavy atom. The van der Waals surface area contributed by atoms with Crippen molar-refractivity contribution in [1.82, 2.24) is 4.90 Å². The van der Waals surface area contributed by atoms with Crippen LogP contribution in [0.15, 0.2) is 42.0 Å². The van der Waals surface area contributed by atoms with Crippen LogP contribution in [0.2, 0.25) is 0 Å². The summed E-state index contributed by atoms with van der Waals surface area (Å²) in [6.45, 7) is 6.02. The highest BCUT2D eigenvalue weighted by molar-refractivity contribution is 7.99. The highest BCUT2D eigenvalue weighted by Gasteiger charge is 2.52. The van der Waals surface area contributed by atoms with Crippen molar-refractivity contribution in [2.75, 3.05) is 32.6 Å². The van der Waals surface area contributed by atoms with Gasteiger partial charge in [-0.3, -0.25) is 9.69 Å². The Morgan fingerprint density at radius 3 is 2.67 bits per heavy atom. The molecule has 1 N–H and O–H groups in total. The summed E-state index contributed by atoms with van der Waals surface area (Å²) in [7, 11) is 0. The van der Waals surface area contributed by atoms with Crippen LogP contribution < -0.4 is 0 Å². The lowest BCUT2D eigenvalue weighted by Gasteiger charge is -2.44. The highest BCUT2D eigenvalue weighted by Crippen LogP contribution is 2.48. The smallest absolute Gasteiger partial charge is 0.303 e. The summed E-state index contributed by atoms with van der Waals surface area (Å²) < 4.78 is 12.5. The fourth-order valence-electron chi connectivity index (χ4n) is 4.92. The molecule has 5 nitrogen and oxygen atoms in total. The van der Waals surface area contributed by atoms with E-state index in [1.807, 2.05) is 30.0 Å². The molecular weight excluding hydrogens is 398 g/mol. The molecule has 0 amide bonds. The number of nitrogens with zero attached hydrogens (tertiary/aromatic N) is 1. The maximum Gasteiger partial charge on any atom is 0.303 e. The number of carboxylic acids is 1. The standard InChI is InChI=1S/C24H35NO4S/c1-3-20(10-7-11-23(26)27)24(29-18-19-8-5-4-6-9-19)17-21(30-2)16-22(24)25-12-14-28-15-13-25/h3-6,8-9,21-22H,7,10-18H2,1-2H3,(H,26,27). The SMILES string of the molecule is CC=C(CCCC(=O)O)C1(OCc2ccccc2)CC(SC)CC1N1CCOCC1. The number of benzene rings is 1. The highest BCUT2D eigenvalue weighted by atomic mass is 32.2. The number of allylic oxidation sites excluding steroid dienone is 1. The van der Waals surface area contributed by atoms with Gasteiger partial charge in [-0.15, -0.1) is 0 Å². The molecule has 2 aliphatic rings. The molecule has 1 aliphatic heterocycles. The number of rotatable bonds is 10. The fourth-order valence-corrected chi connectivity index (χ4v) is 5.71. The van der Waals surface area contributed by atoms with E-state index in [-0.39, 0.29) is 12.0 Å². The first kappa shape index (κ1) is 23.3. The van der Waals surface area contributed by atoms with Gasteiger partial charge in [0.15, 0.2) is 0 Å². The van der Waals surface area contributed by atoms with Crippen LogP contribution >= 0.6 is 11.8 Å². The molecule has 1 heterocycles. The number of aliphatic carboxylic acids is 1. The maximum atomic E-state index is 11.1. The lowest BCUT2D eigenvalue weighted by Crippen LogP contribution is -2.55. The van der Waals surface area contributed by atoms with Crippen LogP contribution in [-0.2, 0) is 20.9 Å². The van der Waals surface area contributed by atoms with Crippen molar-refractivity contribution in [1.29, 1.82) is 0 Å². The second-order valence-electron chi connectivity index (χ2n) is 8.19. The van der Waals surface area contributed by atoms with Crippen LogP contribution in [0.3, 0.4) is 0 Å². The lowest BCUT2D eigenvalue weighted by atomic mass is 9.83. The molecule has 2 fully saturated rings. The van der Waals surface area contributed by atoms with E-state index in [4.69, 9.17) is 14.6 Å². The Labute approximate surface area is 184 Å². The monoisotopic (exact) mass is 433 g/mol. The van der Waals surface area contributed by atoms with Gasteiger partial charge in [0.05, 0.1) is 19.8 Å². The summed E-state index contributed by atoms with van der Waals surface area (Å²) in [6, 6.07) is 10.6. The molecule has 1 saturated carbocycles. The average molecular weight is 434 g/mol. The first-order chi connectivity index (χ1) is 14.6. The van der Waals surface area contributed by atoms with Crippen molar-refractivity contribution < 1.29 is 19.4 Å².